The maximum Gasteiger partial charge on any atom is 0.315 e. The Morgan fingerprint density at radius 2 is 2.20 bits per heavy atom. The fourth-order valence-electron chi connectivity index (χ4n) is 1.89. The van der Waals surface area contributed by atoms with Crippen LogP contribution in [0.5, 0.6) is 11.5 Å². The van der Waals surface area contributed by atoms with Gasteiger partial charge in [0.25, 0.3) is 5.56 Å². The van der Waals surface area contributed by atoms with E-state index in [0.717, 1.165) is 10.7 Å². The standard InChI is InChI=1S/C14H15N5O5S/c1-4-24-11-6-9(5-10(12(11)20)19(22)23)7-15-18-13(21)8(2)16-17-14(18)25-3/h5-7,20H,4H2,1-3H3/b15-7-. The van der Waals surface area contributed by atoms with E-state index in [2.05, 4.69) is 15.3 Å². The van der Waals surface area contributed by atoms with Crippen molar-refractivity contribution in [3.05, 3.63) is 43.9 Å². The maximum absolute atomic E-state index is 12.1. The first-order chi connectivity index (χ1) is 11.9. The predicted octanol–water partition coefficient (Wildman–Crippen LogP) is 1.56. The lowest BCUT2D eigenvalue weighted by molar-refractivity contribution is -0.386. The summed E-state index contributed by atoms with van der Waals surface area (Å²) in [7, 11) is 0. The van der Waals surface area contributed by atoms with Gasteiger partial charge in [-0.3, -0.25) is 14.9 Å². The van der Waals surface area contributed by atoms with Crippen molar-refractivity contribution in [1.29, 1.82) is 0 Å². The van der Waals surface area contributed by atoms with Crippen LogP contribution in [-0.2, 0) is 0 Å². The van der Waals surface area contributed by atoms with Crippen molar-refractivity contribution in [2.45, 2.75) is 19.0 Å². The van der Waals surface area contributed by atoms with Crippen LogP contribution >= 0.6 is 11.8 Å². The van der Waals surface area contributed by atoms with E-state index in [-0.39, 0.29) is 28.8 Å². The first kappa shape index (κ1) is 18.4. The number of nitro groups is 1. The smallest absolute Gasteiger partial charge is 0.315 e. The second kappa shape index (κ2) is 7.75. The molecular formula is C14H15N5O5S. The summed E-state index contributed by atoms with van der Waals surface area (Å²) < 4.78 is 6.24. The number of nitrogens with zero attached hydrogens (tertiary/aromatic N) is 5. The highest BCUT2D eigenvalue weighted by atomic mass is 32.2. The van der Waals surface area contributed by atoms with Gasteiger partial charge in [-0.15, -0.1) is 10.2 Å². The summed E-state index contributed by atoms with van der Waals surface area (Å²) in [6.45, 7) is 3.40. The van der Waals surface area contributed by atoms with Gasteiger partial charge in [0.05, 0.1) is 17.7 Å². The first-order valence-electron chi connectivity index (χ1n) is 7.07. The van der Waals surface area contributed by atoms with Crippen molar-refractivity contribution < 1.29 is 14.8 Å². The Morgan fingerprint density at radius 1 is 1.48 bits per heavy atom. The number of benzene rings is 1. The van der Waals surface area contributed by atoms with Crippen molar-refractivity contribution in [3.8, 4) is 11.5 Å². The molecule has 0 spiro atoms. The summed E-state index contributed by atoms with van der Waals surface area (Å²) in [5.41, 5.74) is -0.522. The van der Waals surface area contributed by atoms with Crippen molar-refractivity contribution in [2.75, 3.05) is 12.9 Å². The molecule has 0 saturated carbocycles. The quantitative estimate of drug-likeness (QED) is 0.353. The van der Waals surface area contributed by atoms with E-state index in [9.17, 15) is 20.0 Å². The zero-order valence-electron chi connectivity index (χ0n) is 13.7. The minimum Gasteiger partial charge on any atom is -0.500 e. The lowest BCUT2D eigenvalue weighted by Gasteiger charge is -2.07. The summed E-state index contributed by atoms with van der Waals surface area (Å²) in [5.74, 6) is -0.605. The van der Waals surface area contributed by atoms with Gasteiger partial charge < -0.3 is 9.84 Å². The molecule has 0 aliphatic heterocycles. The summed E-state index contributed by atoms with van der Waals surface area (Å²) in [4.78, 5) is 22.5. The highest BCUT2D eigenvalue weighted by Crippen LogP contribution is 2.36. The second-order valence-corrected chi connectivity index (χ2v) is 5.48. The van der Waals surface area contributed by atoms with Crippen LogP contribution in [-0.4, -0.2) is 44.0 Å². The van der Waals surface area contributed by atoms with E-state index >= 15 is 0 Å². The molecule has 25 heavy (non-hydrogen) atoms. The average Bonchev–Trinajstić information content (AvgIpc) is 2.58. The van der Waals surface area contributed by atoms with Crippen LogP contribution in [0.2, 0.25) is 0 Å². The van der Waals surface area contributed by atoms with E-state index in [0.29, 0.717) is 0 Å². The molecule has 0 saturated heterocycles. The van der Waals surface area contributed by atoms with Gasteiger partial charge in [0, 0.05) is 11.6 Å². The van der Waals surface area contributed by atoms with E-state index in [1.807, 2.05) is 0 Å². The van der Waals surface area contributed by atoms with Gasteiger partial charge >= 0.3 is 5.69 Å². The molecule has 1 aromatic heterocycles. The molecule has 0 aliphatic carbocycles. The van der Waals surface area contributed by atoms with Crippen LogP contribution in [0.15, 0.2) is 27.2 Å². The molecule has 1 N–H and O–H groups in total. The zero-order chi connectivity index (χ0) is 18.6. The number of hydrogen-bond acceptors (Lipinski definition) is 9. The highest BCUT2D eigenvalue weighted by molar-refractivity contribution is 7.98. The Kier molecular flexibility index (Phi) is 5.70. The molecule has 0 aliphatic rings. The molecule has 2 aromatic rings. The molecule has 0 amide bonds. The van der Waals surface area contributed by atoms with Crippen LogP contribution in [0.25, 0.3) is 0 Å². The van der Waals surface area contributed by atoms with Crippen LogP contribution in [0.3, 0.4) is 0 Å². The number of nitro benzene ring substituents is 1. The van der Waals surface area contributed by atoms with Crippen LogP contribution in [0, 0.1) is 17.0 Å². The van der Waals surface area contributed by atoms with Crippen molar-refractivity contribution in [3.63, 3.8) is 0 Å². The molecule has 0 radical (unpaired) electrons. The molecule has 1 heterocycles. The Morgan fingerprint density at radius 3 is 2.80 bits per heavy atom. The summed E-state index contributed by atoms with van der Waals surface area (Å²) >= 11 is 1.18. The second-order valence-electron chi connectivity index (χ2n) is 4.71. The number of aryl methyl sites for hydroxylation is 1. The number of ether oxygens (including phenoxy) is 1. The van der Waals surface area contributed by atoms with E-state index in [4.69, 9.17) is 4.74 Å². The van der Waals surface area contributed by atoms with E-state index in [1.54, 1.807) is 13.2 Å². The van der Waals surface area contributed by atoms with Gasteiger partial charge in [-0.05, 0) is 26.2 Å². The van der Waals surface area contributed by atoms with E-state index < -0.39 is 21.9 Å². The molecule has 10 nitrogen and oxygen atoms in total. The third-order valence-electron chi connectivity index (χ3n) is 3.05. The molecule has 0 fully saturated rings. The Hall–Kier alpha value is -2.95. The molecular weight excluding hydrogens is 350 g/mol. The van der Waals surface area contributed by atoms with Crippen LogP contribution in [0.1, 0.15) is 18.2 Å². The van der Waals surface area contributed by atoms with Crippen molar-refractivity contribution >= 4 is 23.7 Å². The summed E-state index contributed by atoms with van der Waals surface area (Å²) in [5, 5.41) is 32.8. The SMILES string of the molecule is CCOc1cc(/C=N\n2c(SC)nnc(C)c2=O)cc([N+](=O)[O-])c1O. The fourth-order valence-corrected chi connectivity index (χ4v) is 2.32. The van der Waals surface area contributed by atoms with Gasteiger partial charge in [-0.2, -0.15) is 9.78 Å². The maximum atomic E-state index is 12.1. The van der Waals surface area contributed by atoms with Gasteiger partial charge in [0.15, 0.2) is 5.75 Å². The average molecular weight is 365 g/mol. The molecule has 11 heteroatoms. The molecule has 1 aromatic carbocycles. The lowest BCUT2D eigenvalue weighted by atomic mass is 10.2. The topological polar surface area (TPSA) is 133 Å². The number of phenols is 1. The van der Waals surface area contributed by atoms with Crippen LogP contribution < -0.4 is 10.3 Å². The third-order valence-corrected chi connectivity index (χ3v) is 3.67. The summed E-state index contributed by atoms with van der Waals surface area (Å²) in [6, 6.07) is 2.52. The molecule has 0 unspecified atom stereocenters. The number of rotatable bonds is 6. The van der Waals surface area contributed by atoms with Crippen molar-refractivity contribution in [2.24, 2.45) is 5.10 Å². The number of thioether (sulfide) groups is 1. The minimum atomic E-state index is -0.729. The zero-order valence-corrected chi connectivity index (χ0v) is 14.5. The van der Waals surface area contributed by atoms with Gasteiger partial charge in [-0.25, -0.2) is 0 Å². The molecule has 132 valence electrons. The van der Waals surface area contributed by atoms with Gasteiger partial charge in [0.1, 0.15) is 5.69 Å². The Bertz CT molecular complexity index is 896. The normalized spacial score (nSPS) is 11.0. The summed E-state index contributed by atoms with van der Waals surface area (Å²) in [6.07, 6.45) is 2.96. The number of phenolic OH excluding ortho intramolecular Hbond substituents is 1. The van der Waals surface area contributed by atoms with Gasteiger partial charge in [0.2, 0.25) is 10.9 Å². The van der Waals surface area contributed by atoms with E-state index in [1.165, 1.54) is 31.0 Å². The number of aromatic nitrogens is 3. The van der Waals surface area contributed by atoms with Crippen LogP contribution in [0.4, 0.5) is 5.69 Å². The van der Waals surface area contributed by atoms with Gasteiger partial charge in [-0.1, -0.05) is 11.8 Å². The molecule has 2 rings (SSSR count). The Balaban J connectivity index is 2.54. The third kappa shape index (κ3) is 3.94. The molecule has 0 atom stereocenters. The largest absolute Gasteiger partial charge is 0.500 e. The monoisotopic (exact) mass is 365 g/mol. The Labute approximate surface area is 146 Å². The highest BCUT2D eigenvalue weighted by Gasteiger charge is 2.19. The lowest BCUT2D eigenvalue weighted by Crippen LogP contribution is -2.23. The van der Waals surface area contributed by atoms with Crippen molar-refractivity contribution in [1.82, 2.24) is 14.9 Å². The number of hydrogen-bond donors (Lipinski definition) is 1. The molecule has 0 bridgehead atoms. The number of aromatic hydroxyl groups is 1. The fraction of sp³-hybridized carbons (Fsp3) is 0.286. The predicted molar refractivity (Wildman–Crippen MR) is 91.7 cm³/mol. The minimum absolute atomic E-state index is 0.0420. The first-order valence-corrected chi connectivity index (χ1v) is 8.30.